The maximum Gasteiger partial charge on any atom is 0.230 e. The number of pyridine rings is 1. The number of sulfone groups is 1. The third kappa shape index (κ3) is 5.17. The SMILES string of the molecule is CCS(=O)(=O)c1ccc(CC(=O)Nc2ccc3c(n2)CCN(c2ccccc2Cl)C3)c(F)c1. The number of hydrogen-bond acceptors (Lipinski definition) is 5. The first-order valence-corrected chi connectivity index (χ1v) is 12.6. The Bertz CT molecular complexity index is 1310. The lowest BCUT2D eigenvalue weighted by atomic mass is 10.0. The van der Waals surface area contributed by atoms with Crippen LogP contribution < -0.4 is 10.2 Å². The number of anilines is 2. The van der Waals surface area contributed by atoms with Crippen LogP contribution in [0.25, 0.3) is 0 Å². The van der Waals surface area contributed by atoms with Gasteiger partial charge in [-0.25, -0.2) is 17.8 Å². The molecular weight excluding hydrogens is 465 g/mol. The predicted octanol–water partition coefficient (Wildman–Crippen LogP) is 4.41. The summed E-state index contributed by atoms with van der Waals surface area (Å²) in [5.41, 5.74) is 3.05. The van der Waals surface area contributed by atoms with Crippen LogP contribution in [-0.2, 0) is 34.0 Å². The molecule has 2 heterocycles. The van der Waals surface area contributed by atoms with Crippen LogP contribution in [0.1, 0.15) is 23.7 Å². The van der Waals surface area contributed by atoms with Crippen molar-refractivity contribution in [2.45, 2.75) is 31.2 Å². The number of halogens is 2. The first-order valence-electron chi connectivity index (χ1n) is 10.6. The van der Waals surface area contributed by atoms with E-state index in [1.54, 1.807) is 6.07 Å². The van der Waals surface area contributed by atoms with Gasteiger partial charge in [-0.2, -0.15) is 0 Å². The molecule has 0 spiro atoms. The Morgan fingerprint density at radius 2 is 1.97 bits per heavy atom. The molecule has 2 aromatic carbocycles. The van der Waals surface area contributed by atoms with Crippen molar-refractivity contribution in [1.29, 1.82) is 0 Å². The highest BCUT2D eigenvalue weighted by atomic mass is 35.5. The third-order valence-corrected chi connectivity index (χ3v) is 7.68. The Balaban J connectivity index is 1.43. The van der Waals surface area contributed by atoms with Crippen molar-refractivity contribution in [3.63, 3.8) is 0 Å². The molecule has 172 valence electrons. The second-order valence-corrected chi connectivity index (χ2v) is 10.5. The van der Waals surface area contributed by atoms with Crippen LogP contribution in [0.2, 0.25) is 5.02 Å². The summed E-state index contributed by atoms with van der Waals surface area (Å²) in [7, 11) is -3.51. The minimum absolute atomic E-state index is 0.0890. The van der Waals surface area contributed by atoms with Gasteiger partial charge in [-0.1, -0.05) is 42.8 Å². The van der Waals surface area contributed by atoms with Gasteiger partial charge in [-0.15, -0.1) is 0 Å². The maximum absolute atomic E-state index is 14.4. The number of carbonyl (C=O) groups is 1. The van der Waals surface area contributed by atoms with E-state index in [9.17, 15) is 17.6 Å². The quantitative estimate of drug-likeness (QED) is 0.557. The molecule has 9 heteroatoms. The summed E-state index contributed by atoms with van der Waals surface area (Å²) in [6.45, 7) is 2.91. The van der Waals surface area contributed by atoms with Crippen molar-refractivity contribution in [2.75, 3.05) is 22.5 Å². The van der Waals surface area contributed by atoms with Gasteiger partial charge in [0.2, 0.25) is 5.91 Å². The Labute approximate surface area is 197 Å². The Kier molecular flexibility index (Phi) is 6.67. The van der Waals surface area contributed by atoms with E-state index in [2.05, 4.69) is 15.2 Å². The number of benzene rings is 2. The number of para-hydroxylation sites is 1. The predicted molar refractivity (Wildman–Crippen MR) is 127 cm³/mol. The fourth-order valence-electron chi connectivity index (χ4n) is 3.79. The van der Waals surface area contributed by atoms with Crippen molar-refractivity contribution in [2.24, 2.45) is 0 Å². The average Bonchev–Trinajstić information content (AvgIpc) is 2.80. The second-order valence-electron chi connectivity index (χ2n) is 7.81. The summed E-state index contributed by atoms with van der Waals surface area (Å²) in [5, 5.41) is 3.41. The molecule has 4 rings (SSSR count). The summed E-state index contributed by atoms with van der Waals surface area (Å²) in [6, 6.07) is 15.0. The summed E-state index contributed by atoms with van der Waals surface area (Å²) >= 11 is 6.32. The van der Waals surface area contributed by atoms with Crippen LogP contribution in [0.5, 0.6) is 0 Å². The summed E-state index contributed by atoms with van der Waals surface area (Å²) in [4.78, 5) is 19.1. The van der Waals surface area contributed by atoms with Crippen LogP contribution in [-0.4, -0.2) is 31.6 Å². The number of hydrogen-bond donors (Lipinski definition) is 1. The topological polar surface area (TPSA) is 79.4 Å². The van der Waals surface area contributed by atoms with Crippen molar-refractivity contribution < 1.29 is 17.6 Å². The molecule has 0 saturated carbocycles. The lowest BCUT2D eigenvalue weighted by Gasteiger charge is -2.31. The number of nitrogens with one attached hydrogen (secondary N) is 1. The molecule has 1 N–H and O–H groups in total. The molecule has 1 aliphatic rings. The molecule has 0 bridgehead atoms. The Morgan fingerprint density at radius 3 is 2.70 bits per heavy atom. The number of rotatable bonds is 6. The highest BCUT2D eigenvalue weighted by molar-refractivity contribution is 7.91. The van der Waals surface area contributed by atoms with E-state index in [0.29, 0.717) is 23.8 Å². The highest BCUT2D eigenvalue weighted by Crippen LogP contribution is 2.30. The molecule has 1 aliphatic heterocycles. The van der Waals surface area contributed by atoms with E-state index in [-0.39, 0.29) is 22.6 Å². The zero-order valence-electron chi connectivity index (χ0n) is 18.0. The molecule has 0 atom stereocenters. The molecule has 0 aliphatic carbocycles. The van der Waals surface area contributed by atoms with Gasteiger partial charge in [0, 0.05) is 25.2 Å². The number of nitrogens with zero attached hydrogens (tertiary/aromatic N) is 2. The Morgan fingerprint density at radius 1 is 1.18 bits per heavy atom. The van der Waals surface area contributed by atoms with Gasteiger partial charge in [-0.05, 0) is 41.5 Å². The Hall–Kier alpha value is -2.97. The van der Waals surface area contributed by atoms with Crippen LogP contribution in [0, 0.1) is 5.82 Å². The van der Waals surface area contributed by atoms with E-state index >= 15 is 0 Å². The van der Waals surface area contributed by atoms with Crippen LogP contribution >= 0.6 is 11.6 Å². The van der Waals surface area contributed by atoms with Crippen LogP contribution in [0.15, 0.2) is 59.5 Å². The molecule has 0 fully saturated rings. The second kappa shape index (κ2) is 9.49. The minimum Gasteiger partial charge on any atom is -0.366 e. The zero-order valence-corrected chi connectivity index (χ0v) is 19.6. The summed E-state index contributed by atoms with van der Waals surface area (Å²) in [5.74, 6) is -0.874. The van der Waals surface area contributed by atoms with Crippen LogP contribution in [0.3, 0.4) is 0 Å². The van der Waals surface area contributed by atoms with Gasteiger partial charge in [0.1, 0.15) is 11.6 Å². The molecule has 0 saturated heterocycles. The minimum atomic E-state index is -3.51. The van der Waals surface area contributed by atoms with Gasteiger partial charge in [0.25, 0.3) is 0 Å². The first-order chi connectivity index (χ1) is 15.8. The number of amides is 1. The van der Waals surface area contributed by atoms with E-state index < -0.39 is 21.6 Å². The smallest absolute Gasteiger partial charge is 0.230 e. The van der Waals surface area contributed by atoms with Gasteiger partial charge in [0.15, 0.2) is 9.84 Å². The lowest BCUT2D eigenvalue weighted by Crippen LogP contribution is -2.31. The van der Waals surface area contributed by atoms with Gasteiger partial charge in [0.05, 0.1) is 27.8 Å². The molecule has 3 aromatic rings. The van der Waals surface area contributed by atoms with Crippen molar-refractivity contribution >= 4 is 38.9 Å². The van der Waals surface area contributed by atoms with Crippen molar-refractivity contribution in [3.8, 4) is 0 Å². The lowest BCUT2D eigenvalue weighted by molar-refractivity contribution is -0.115. The fourth-order valence-corrected chi connectivity index (χ4v) is 4.94. The van der Waals surface area contributed by atoms with Gasteiger partial charge in [-0.3, -0.25) is 4.79 Å². The number of fused-ring (bicyclic) bond motifs is 1. The molecule has 6 nitrogen and oxygen atoms in total. The normalized spacial score (nSPS) is 13.5. The fraction of sp³-hybridized carbons (Fsp3) is 0.250. The maximum atomic E-state index is 14.4. The van der Waals surface area contributed by atoms with Gasteiger partial charge >= 0.3 is 0 Å². The highest BCUT2D eigenvalue weighted by Gasteiger charge is 2.20. The summed E-state index contributed by atoms with van der Waals surface area (Å²) in [6.07, 6.45) is 0.476. The molecular formula is C24H23ClFN3O3S. The van der Waals surface area contributed by atoms with E-state index in [0.717, 1.165) is 29.6 Å². The zero-order chi connectivity index (χ0) is 23.6. The molecule has 0 radical (unpaired) electrons. The molecule has 0 unspecified atom stereocenters. The standard InChI is InChI=1S/C24H23ClFN3O3S/c1-2-33(31,32)18-9-7-16(20(26)14-18)13-24(30)28-23-10-8-17-15-29(12-11-21(17)27-23)22-6-4-3-5-19(22)25/h3-10,14H,2,11-13,15H2,1H3,(H,27,28,30). The summed E-state index contributed by atoms with van der Waals surface area (Å²) < 4.78 is 38.2. The average molecular weight is 488 g/mol. The monoisotopic (exact) mass is 487 g/mol. The number of aromatic nitrogens is 1. The van der Waals surface area contributed by atoms with E-state index in [1.807, 2.05) is 30.3 Å². The molecule has 1 aromatic heterocycles. The van der Waals surface area contributed by atoms with E-state index in [4.69, 9.17) is 11.6 Å². The van der Waals surface area contributed by atoms with Crippen molar-refractivity contribution in [3.05, 3.63) is 82.3 Å². The molecule has 33 heavy (non-hydrogen) atoms. The first kappa shape index (κ1) is 23.2. The van der Waals surface area contributed by atoms with Crippen molar-refractivity contribution in [1.82, 2.24) is 4.98 Å². The van der Waals surface area contributed by atoms with Crippen LogP contribution in [0.4, 0.5) is 15.9 Å². The number of carbonyl (C=O) groups excluding carboxylic acids is 1. The van der Waals surface area contributed by atoms with Gasteiger partial charge < -0.3 is 10.2 Å². The molecule has 1 amide bonds. The largest absolute Gasteiger partial charge is 0.366 e. The van der Waals surface area contributed by atoms with E-state index in [1.165, 1.54) is 19.1 Å². The third-order valence-electron chi connectivity index (χ3n) is 5.62.